The van der Waals surface area contributed by atoms with Crippen LogP contribution in [0.25, 0.3) is 22.0 Å². The van der Waals surface area contributed by atoms with E-state index in [0.717, 1.165) is 22.0 Å². The molecule has 0 saturated carbocycles. The van der Waals surface area contributed by atoms with Crippen LogP contribution >= 0.6 is 0 Å². The number of hydrogen-bond donors (Lipinski definition) is 2. The lowest BCUT2D eigenvalue weighted by molar-refractivity contribution is 1.22. The Morgan fingerprint density at radius 2 is 1.90 bits per heavy atom. The second-order valence-electron chi connectivity index (χ2n) is 4.60. The third-order valence-corrected chi connectivity index (χ3v) is 3.28. The molecule has 2 aromatic carbocycles. The van der Waals surface area contributed by atoms with E-state index in [4.69, 9.17) is 11.0 Å². The first-order chi connectivity index (χ1) is 10.2. The van der Waals surface area contributed by atoms with Crippen molar-refractivity contribution in [3.8, 4) is 17.2 Å². The number of aromatic nitrogens is 2. The lowest BCUT2D eigenvalue weighted by Crippen LogP contribution is -2.01. The second kappa shape index (κ2) is 5.10. The van der Waals surface area contributed by atoms with Crippen LogP contribution < -0.4 is 11.1 Å². The highest BCUT2D eigenvalue weighted by Gasteiger charge is 2.07. The summed E-state index contributed by atoms with van der Waals surface area (Å²) in [6, 6.07) is 15.5. The van der Waals surface area contributed by atoms with Gasteiger partial charge in [0.25, 0.3) is 0 Å². The molecule has 5 nitrogen and oxygen atoms in total. The van der Waals surface area contributed by atoms with Crippen LogP contribution in [0.1, 0.15) is 5.56 Å². The van der Waals surface area contributed by atoms with Crippen LogP contribution in [-0.2, 0) is 0 Å². The van der Waals surface area contributed by atoms with Gasteiger partial charge < -0.3 is 11.1 Å². The fourth-order valence-corrected chi connectivity index (χ4v) is 2.29. The van der Waals surface area contributed by atoms with Crippen LogP contribution in [0.2, 0.25) is 0 Å². The molecule has 0 atom stereocenters. The van der Waals surface area contributed by atoms with Crippen molar-refractivity contribution >= 4 is 22.7 Å². The van der Waals surface area contributed by atoms with Gasteiger partial charge in [0.15, 0.2) is 0 Å². The van der Waals surface area contributed by atoms with Gasteiger partial charge in [-0.25, -0.2) is 4.98 Å². The molecule has 0 unspecified atom stereocenters. The predicted molar refractivity (Wildman–Crippen MR) is 83.6 cm³/mol. The van der Waals surface area contributed by atoms with Crippen LogP contribution in [-0.4, -0.2) is 17.0 Å². The number of nitrogens with two attached hydrogens (primary N) is 1. The van der Waals surface area contributed by atoms with Crippen LogP contribution in [0.15, 0.2) is 42.5 Å². The number of nitrogens with zero attached hydrogens (tertiary/aromatic N) is 3. The van der Waals surface area contributed by atoms with E-state index in [9.17, 15) is 0 Å². The number of fused-ring (bicyclic) bond motifs is 1. The van der Waals surface area contributed by atoms with E-state index in [0.29, 0.717) is 11.4 Å². The van der Waals surface area contributed by atoms with Gasteiger partial charge in [-0.05, 0) is 35.4 Å². The molecule has 0 aliphatic carbocycles. The van der Waals surface area contributed by atoms with Gasteiger partial charge in [-0.3, -0.25) is 0 Å². The van der Waals surface area contributed by atoms with Crippen molar-refractivity contribution in [2.75, 3.05) is 18.1 Å². The number of benzene rings is 2. The molecule has 0 aliphatic rings. The zero-order valence-electron chi connectivity index (χ0n) is 11.5. The van der Waals surface area contributed by atoms with Crippen molar-refractivity contribution in [3.05, 3.63) is 48.0 Å². The molecule has 1 heterocycles. The van der Waals surface area contributed by atoms with Crippen molar-refractivity contribution in [2.45, 2.75) is 0 Å². The monoisotopic (exact) mass is 275 g/mol. The van der Waals surface area contributed by atoms with Gasteiger partial charge in [-0.2, -0.15) is 10.2 Å². The van der Waals surface area contributed by atoms with E-state index in [1.165, 1.54) is 0 Å². The summed E-state index contributed by atoms with van der Waals surface area (Å²) in [5.41, 5.74) is 9.09. The number of nitrogen functional groups attached to an aromatic ring is 1. The maximum absolute atomic E-state index is 8.99. The Bertz CT molecular complexity index is 864. The molecule has 0 spiro atoms. The molecule has 0 fully saturated rings. The second-order valence-corrected chi connectivity index (χ2v) is 4.60. The molecule has 102 valence electrons. The molecule has 3 rings (SSSR count). The topological polar surface area (TPSA) is 87.6 Å². The van der Waals surface area contributed by atoms with Gasteiger partial charge in [-0.1, -0.05) is 18.2 Å². The molecular formula is C16H13N5. The quantitative estimate of drug-likeness (QED) is 0.750. The SMILES string of the molecule is CNc1nc(N)nc2cc(-c3cccc(C#N)c3)ccc12. The number of rotatable bonds is 2. The maximum Gasteiger partial charge on any atom is 0.222 e. The molecule has 3 aromatic rings. The van der Waals surface area contributed by atoms with Crippen molar-refractivity contribution in [3.63, 3.8) is 0 Å². The van der Waals surface area contributed by atoms with Crippen molar-refractivity contribution in [1.29, 1.82) is 5.26 Å². The van der Waals surface area contributed by atoms with E-state index in [-0.39, 0.29) is 5.95 Å². The molecule has 0 bridgehead atoms. The maximum atomic E-state index is 8.99. The van der Waals surface area contributed by atoms with Crippen molar-refractivity contribution in [2.24, 2.45) is 0 Å². The lowest BCUT2D eigenvalue weighted by Gasteiger charge is -2.08. The minimum atomic E-state index is 0.231. The summed E-state index contributed by atoms with van der Waals surface area (Å²) in [6.45, 7) is 0. The first-order valence-corrected chi connectivity index (χ1v) is 6.47. The Balaban J connectivity index is 2.19. The van der Waals surface area contributed by atoms with Gasteiger partial charge in [0.2, 0.25) is 5.95 Å². The fraction of sp³-hybridized carbons (Fsp3) is 0.0625. The van der Waals surface area contributed by atoms with E-state index < -0.39 is 0 Å². The van der Waals surface area contributed by atoms with Crippen molar-refractivity contribution < 1.29 is 0 Å². The highest BCUT2D eigenvalue weighted by Crippen LogP contribution is 2.27. The minimum Gasteiger partial charge on any atom is -0.372 e. The van der Waals surface area contributed by atoms with Gasteiger partial charge in [0.05, 0.1) is 17.1 Å². The van der Waals surface area contributed by atoms with Gasteiger partial charge in [-0.15, -0.1) is 0 Å². The standard InChI is InChI=1S/C16H13N5/c1-19-15-13-6-5-12(8-14(13)20-16(18)21-15)11-4-2-3-10(7-11)9-17/h2-8H,1H3,(H3,18,19,20,21). The zero-order valence-corrected chi connectivity index (χ0v) is 11.5. The zero-order chi connectivity index (χ0) is 14.8. The molecule has 3 N–H and O–H groups in total. The molecule has 0 aliphatic heterocycles. The van der Waals surface area contributed by atoms with Gasteiger partial charge >= 0.3 is 0 Å². The van der Waals surface area contributed by atoms with Crippen molar-refractivity contribution in [1.82, 2.24) is 9.97 Å². The van der Waals surface area contributed by atoms with Crippen LogP contribution in [0.5, 0.6) is 0 Å². The molecule has 0 amide bonds. The summed E-state index contributed by atoms with van der Waals surface area (Å²) < 4.78 is 0. The number of nitrogens with one attached hydrogen (secondary N) is 1. The molecule has 0 saturated heterocycles. The van der Waals surface area contributed by atoms with Crippen LogP contribution in [0.4, 0.5) is 11.8 Å². The Hall–Kier alpha value is -3.13. The predicted octanol–water partition coefficient (Wildman–Crippen LogP) is 2.79. The summed E-state index contributed by atoms with van der Waals surface area (Å²) in [7, 11) is 1.80. The Kier molecular flexibility index (Phi) is 3.13. The smallest absolute Gasteiger partial charge is 0.222 e. The molecular weight excluding hydrogens is 262 g/mol. The fourth-order valence-electron chi connectivity index (χ4n) is 2.29. The van der Waals surface area contributed by atoms with E-state index in [2.05, 4.69) is 21.4 Å². The summed E-state index contributed by atoms with van der Waals surface area (Å²) in [5.74, 6) is 0.935. The third-order valence-electron chi connectivity index (χ3n) is 3.28. The summed E-state index contributed by atoms with van der Waals surface area (Å²) in [5, 5.41) is 12.9. The summed E-state index contributed by atoms with van der Waals surface area (Å²) in [6.07, 6.45) is 0. The van der Waals surface area contributed by atoms with E-state index in [1.807, 2.05) is 36.4 Å². The number of anilines is 2. The third kappa shape index (κ3) is 2.35. The number of hydrogen-bond acceptors (Lipinski definition) is 5. The Morgan fingerprint density at radius 3 is 2.67 bits per heavy atom. The van der Waals surface area contributed by atoms with E-state index >= 15 is 0 Å². The summed E-state index contributed by atoms with van der Waals surface area (Å²) >= 11 is 0. The van der Waals surface area contributed by atoms with Crippen LogP contribution in [0, 0.1) is 11.3 Å². The average Bonchev–Trinajstić information content (AvgIpc) is 2.53. The first-order valence-electron chi connectivity index (χ1n) is 6.47. The molecule has 21 heavy (non-hydrogen) atoms. The first kappa shape index (κ1) is 12.9. The number of nitriles is 1. The normalized spacial score (nSPS) is 10.3. The Morgan fingerprint density at radius 1 is 1.10 bits per heavy atom. The molecule has 1 aromatic heterocycles. The largest absolute Gasteiger partial charge is 0.372 e. The summed E-state index contributed by atoms with van der Waals surface area (Å²) in [4.78, 5) is 8.44. The Labute approximate surface area is 122 Å². The lowest BCUT2D eigenvalue weighted by atomic mass is 10.0. The minimum absolute atomic E-state index is 0.231. The molecule has 5 heteroatoms. The van der Waals surface area contributed by atoms with E-state index in [1.54, 1.807) is 13.1 Å². The average molecular weight is 275 g/mol. The van der Waals surface area contributed by atoms with Gasteiger partial charge in [0, 0.05) is 12.4 Å². The van der Waals surface area contributed by atoms with Gasteiger partial charge in [0.1, 0.15) is 5.82 Å². The molecule has 0 radical (unpaired) electrons. The highest BCUT2D eigenvalue weighted by atomic mass is 15.1. The highest BCUT2D eigenvalue weighted by molar-refractivity contribution is 5.92. The van der Waals surface area contributed by atoms with Crippen LogP contribution in [0.3, 0.4) is 0 Å².